The number of hydrogen-bond acceptors (Lipinski definition) is 8. The minimum atomic E-state index is -0.579. The minimum Gasteiger partial charge on any atom is -0.508 e. The van der Waals surface area contributed by atoms with Crippen LogP contribution in [0, 0.1) is 0 Å². The van der Waals surface area contributed by atoms with E-state index in [0.29, 0.717) is 39.3 Å². The van der Waals surface area contributed by atoms with Crippen molar-refractivity contribution in [2.24, 2.45) is 0 Å². The third-order valence-electron chi connectivity index (χ3n) is 5.51. The average Bonchev–Trinajstić information content (AvgIpc) is 2.91. The Balaban J connectivity index is 0.000000389. The molecule has 0 amide bonds. The largest absolute Gasteiger partial charge is 0.508 e. The molecule has 38 heavy (non-hydrogen) atoms. The zero-order valence-corrected chi connectivity index (χ0v) is 23.2. The molecular formula is C30H44O8. The summed E-state index contributed by atoms with van der Waals surface area (Å²) in [7, 11) is 0. The summed E-state index contributed by atoms with van der Waals surface area (Å²) in [6, 6.07) is 13.5. The highest BCUT2D eigenvalue weighted by Crippen LogP contribution is 2.14. The van der Waals surface area contributed by atoms with Crippen LogP contribution in [0.4, 0.5) is 0 Å². The van der Waals surface area contributed by atoms with Crippen molar-refractivity contribution in [3.63, 3.8) is 0 Å². The minimum absolute atomic E-state index is 0.206. The van der Waals surface area contributed by atoms with E-state index in [2.05, 4.69) is 6.92 Å². The van der Waals surface area contributed by atoms with Crippen molar-refractivity contribution < 1.29 is 38.7 Å². The van der Waals surface area contributed by atoms with Gasteiger partial charge in [-0.25, -0.2) is 9.59 Å². The molecule has 8 heteroatoms. The van der Waals surface area contributed by atoms with Crippen molar-refractivity contribution >= 4 is 11.9 Å². The van der Waals surface area contributed by atoms with Crippen LogP contribution in [0.3, 0.4) is 0 Å². The van der Waals surface area contributed by atoms with E-state index in [9.17, 15) is 14.7 Å². The number of rotatable bonds is 16. The van der Waals surface area contributed by atoms with Crippen molar-refractivity contribution in [1.29, 1.82) is 0 Å². The van der Waals surface area contributed by atoms with Gasteiger partial charge >= 0.3 is 11.9 Å². The van der Waals surface area contributed by atoms with Crippen LogP contribution >= 0.6 is 0 Å². The monoisotopic (exact) mass is 532 g/mol. The van der Waals surface area contributed by atoms with E-state index < -0.39 is 12.2 Å². The highest BCUT2D eigenvalue weighted by Gasteiger charge is 2.21. The molecule has 0 heterocycles. The fourth-order valence-corrected chi connectivity index (χ4v) is 3.54. The lowest BCUT2D eigenvalue weighted by Crippen LogP contribution is -2.29. The average molecular weight is 533 g/mol. The molecule has 0 bridgehead atoms. The number of hydrogen-bond donors (Lipinski definition) is 2. The van der Waals surface area contributed by atoms with Gasteiger partial charge in [0.2, 0.25) is 0 Å². The molecule has 0 saturated carbocycles. The molecule has 0 aliphatic rings. The van der Waals surface area contributed by atoms with Gasteiger partial charge in [-0.05, 0) is 62.6 Å². The van der Waals surface area contributed by atoms with E-state index in [1.165, 1.54) is 6.42 Å². The molecule has 0 fully saturated rings. The molecule has 2 N–H and O–H groups in total. The molecule has 0 aliphatic heterocycles. The second-order valence-electron chi connectivity index (χ2n) is 8.61. The molecule has 2 atom stereocenters. The van der Waals surface area contributed by atoms with E-state index in [4.69, 9.17) is 24.1 Å². The second kappa shape index (κ2) is 19.9. The van der Waals surface area contributed by atoms with E-state index >= 15 is 0 Å². The van der Waals surface area contributed by atoms with E-state index in [0.717, 1.165) is 30.4 Å². The standard InChI is InChI=1S/C17H26O4.C13H18O4/c1-3-5-6-7-12-21-17(19)16(20-4-2)13-14-8-10-15(18)11-9-14;1-3-16-12(13(15)17-4-2)9-10-5-7-11(14)8-6-10/h8-11,16,18H,3-7,12-13H2,1-2H3;5-8,12,14H,3-4,9H2,1-2H3/t16-;12-/m10/s1. The van der Waals surface area contributed by atoms with Crippen molar-refractivity contribution in [2.75, 3.05) is 26.4 Å². The molecule has 8 nitrogen and oxygen atoms in total. The summed E-state index contributed by atoms with van der Waals surface area (Å²) in [6.45, 7) is 9.34. The molecule has 0 saturated heterocycles. The van der Waals surface area contributed by atoms with Crippen LogP contribution in [0.25, 0.3) is 0 Å². The smallest absolute Gasteiger partial charge is 0.335 e. The molecule has 2 rings (SSSR count). The van der Waals surface area contributed by atoms with Gasteiger partial charge in [-0.2, -0.15) is 0 Å². The Kier molecular flexibility index (Phi) is 17.3. The van der Waals surface area contributed by atoms with Gasteiger partial charge in [0.25, 0.3) is 0 Å². The molecule has 0 radical (unpaired) electrons. The van der Waals surface area contributed by atoms with Gasteiger partial charge in [-0.15, -0.1) is 0 Å². The lowest BCUT2D eigenvalue weighted by Gasteiger charge is -2.16. The summed E-state index contributed by atoms with van der Waals surface area (Å²) >= 11 is 0. The number of ether oxygens (including phenoxy) is 4. The van der Waals surface area contributed by atoms with Crippen molar-refractivity contribution in [1.82, 2.24) is 0 Å². The predicted octanol–water partition coefficient (Wildman–Crippen LogP) is 5.37. The van der Waals surface area contributed by atoms with Gasteiger partial charge < -0.3 is 29.2 Å². The highest BCUT2D eigenvalue weighted by atomic mass is 16.6. The molecule has 0 aliphatic carbocycles. The quantitative estimate of drug-likeness (QED) is 0.219. The van der Waals surface area contributed by atoms with Gasteiger partial charge in [0.1, 0.15) is 11.5 Å². The maximum absolute atomic E-state index is 12.0. The number of phenolic OH excluding ortho intramolecular Hbond substituents is 2. The molecule has 0 unspecified atom stereocenters. The van der Waals surface area contributed by atoms with Crippen LogP contribution in [0.5, 0.6) is 11.5 Å². The molecule has 0 aromatic heterocycles. The van der Waals surface area contributed by atoms with Crippen molar-refractivity contribution in [3.8, 4) is 11.5 Å². The zero-order chi connectivity index (χ0) is 28.2. The molecular weight excluding hydrogens is 488 g/mol. The number of unbranched alkanes of at least 4 members (excludes halogenated alkanes) is 3. The maximum Gasteiger partial charge on any atom is 0.335 e. The Labute approximate surface area is 226 Å². The number of carbonyl (C=O) groups excluding carboxylic acids is 2. The summed E-state index contributed by atoms with van der Waals surface area (Å²) in [6.07, 6.45) is 4.07. The van der Waals surface area contributed by atoms with Gasteiger partial charge in [-0.3, -0.25) is 0 Å². The number of esters is 2. The number of aromatic hydroxyl groups is 2. The summed E-state index contributed by atoms with van der Waals surface area (Å²) in [4.78, 5) is 23.6. The van der Waals surface area contributed by atoms with Crippen LogP contribution in [0.1, 0.15) is 64.5 Å². The van der Waals surface area contributed by atoms with Crippen molar-refractivity contribution in [3.05, 3.63) is 59.7 Å². The molecule has 212 valence electrons. The van der Waals surface area contributed by atoms with Crippen LogP contribution in [-0.2, 0) is 41.4 Å². The first-order chi connectivity index (χ1) is 18.3. The third-order valence-corrected chi connectivity index (χ3v) is 5.51. The normalized spacial score (nSPS) is 12.1. The molecule has 2 aromatic carbocycles. The summed E-state index contributed by atoms with van der Waals surface area (Å²) in [5.41, 5.74) is 1.86. The summed E-state index contributed by atoms with van der Waals surface area (Å²) in [5, 5.41) is 18.4. The fraction of sp³-hybridized carbons (Fsp3) is 0.533. The summed E-state index contributed by atoms with van der Waals surface area (Å²) in [5.74, 6) is -0.230. The lowest BCUT2D eigenvalue weighted by atomic mass is 10.1. The Morgan fingerprint density at radius 1 is 0.632 bits per heavy atom. The number of phenols is 2. The Hall–Kier alpha value is -3.10. The van der Waals surface area contributed by atoms with Crippen molar-refractivity contribution in [2.45, 2.75) is 78.4 Å². The lowest BCUT2D eigenvalue weighted by molar-refractivity contribution is -0.157. The van der Waals surface area contributed by atoms with E-state index in [1.54, 1.807) is 55.5 Å². The van der Waals surface area contributed by atoms with Crippen LogP contribution in [0.2, 0.25) is 0 Å². The number of benzene rings is 2. The van der Waals surface area contributed by atoms with Crippen LogP contribution in [-0.4, -0.2) is 60.8 Å². The van der Waals surface area contributed by atoms with Gasteiger partial charge in [0, 0.05) is 26.1 Å². The fourth-order valence-electron chi connectivity index (χ4n) is 3.54. The van der Waals surface area contributed by atoms with Crippen LogP contribution in [0.15, 0.2) is 48.5 Å². The topological polar surface area (TPSA) is 112 Å². The Morgan fingerprint density at radius 2 is 1.08 bits per heavy atom. The van der Waals surface area contributed by atoms with Gasteiger partial charge in [-0.1, -0.05) is 50.5 Å². The van der Waals surface area contributed by atoms with Gasteiger partial charge in [0.15, 0.2) is 12.2 Å². The first-order valence-electron chi connectivity index (χ1n) is 13.5. The van der Waals surface area contributed by atoms with Gasteiger partial charge in [0.05, 0.1) is 13.2 Å². The second-order valence-corrected chi connectivity index (χ2v) is 8.61. The highest BCUT2D eigenvalue weighted by molar-refractivity contribution is 5.75. The molecule has 2 aromatic rings. The first-order valence-corrected chi connectivity index (χ1v) is 13.5. The van der Waals surface area contributed by atoms with Crippen LogP contribution < -0.4 is 0 Å². The predicted molar refractivity (Wildman–Crippen MR) is 146 cm³/mol. The first kappa shape index (κ1) is 32.9. The zero-order valence-electron chi connectivity index (χ0n) is 23.2. The van der Waals surface area contributed by atoms with E-state index in [1.807, 2.05) is 13.8 Å². The number of carbonyl (C=O) groups is 2. The Bertz CT molecular complexity index is 895. The summed E-state index contributed by atoms with van der Waals surface area (Å²) < 4.78 is 21.1. The van der Waals surface area contributed by atoms with E-state index in [-0.39, 0.29) is 23.4 Å². The molecule has 0 spiro atoms. The third kappa shape index (κ3) is 14.0. The maximum atomic E-state index is 12.0. The SMILES string of the molecule is CCCCCCOC(=O)[C@@H](Cc1ccc(O)cc1)OCC.CCOC(=O)[C@H](Cc1ccc(O)cc1)OCC. The Morgan fingerprint density at radius 3 is 1.47 bits per heavy atom.